The van der Waals surface area contributed by atoms with E-state index in [4.69, 9.17) is 4.74 Å². The fourth-order valence-electron chi connectivity index (χ4n) is 2.73. The molecule has 0 bridgehead atoms. The number of nitrogens with one attached hydrogen (secondary N) is 2. The number of fused-ring (bicyclic) bond motifs is 2. The Bertz CT molecular complexity index is 636. The zero-order chi connectivity index (χ0) is 13.9. The Kier molecular flexibility index (Phi) is 3.74. The summed E-state index contributed by atoms with van der Waals surface area (Å²) in [6.07, 6.45) is 5.17. The van der Waals surface area contributed by atoms with Crippen LogP contribution in [-0.2, 0) is 4.74 Å². The molecule has 3 rings (SSSR count). The van der Waals surface area contributed by atoms with Crippen molar-refractivity contribution in [2.75, 3.05) is 13.2 Å². The predicted octanol–water partition coefficient (Wildman–Crippen LogP) is 0.660. The molecule has 4 nitrogen and oxygen atoms in total. The van der Waals surface area contributed by atoms with Gasteiger partial charge in [-0.05, 0) is 30.2 Å². The van der Waals surface area contributed by atoms with Gasteiger partial charge in [0.25, 0.3) is 0 Å². The van der Waals surface area contributed by atoms with E-state index in [1.807, 2.05) is 18.2 Å². The van der Waals surface area contributed by atoms with Crippen LogP contribution in [0.4, 0.5) is 0 Å². The summed E-state index contributed by atoms with van der Waals surface area (Å²) in [5.41, 5.74) is 8.30. The van der Waals surface area contributed by atoms with E-state index < -0.39 is 0 Å². The van der Waals surface area contributed by atoms with Gasteiger partial charge in [-0.3, -0.25) is 0 Å². The summed E-state index contributed by atoms with van der Waals surface area (Å²) in [5, 5.41) is 2.31. The Morgan fingerprint density at radius 2 is 2.35 bits per heavy atom. The molecule has 2 aliphatic rings. The second kappa shape index (κ2) is 5.67. The van der Waals surface area contributed by atoms with Gasteiger partial charge in [-0.1, -0.05) is 25.5 Å². The van der Waals surface area contributed by atoms with Gasteiger partial charge in [-0.15, -0.1) is 0 Å². The number of esters is 1. The maximum Gasteiger partial charge on any atom is 0.338 e. The molecule has 2 N–H and O–H groups in total. The van der Waals surface area contributed by atoms with Crippen LogP contribution in [0.5, 0.6) is 0 Å². The summed E-state index contributed by atoms with van der Waals surface area (Å²) in [6.45, 7) is 3.55. The predicted molar refractivity (Wildman–Crippen MR) is 78.0 cm³/mol. The minimum Gasteiger partial charge on any atom is -0.462 e. The van der Waals surface area contributed by atoms with Crippen molar-refractivity contribution in [1.29, 1.82) is 0 Å². The number of hydrogen-bond acceptors (Lipinski definition) is 4. The van der Waals surface area contributed by atoms with E-state index in [1.54, 1.807) is 0 Å². The van der Waals surface area contributed by atoms with Crippen molar-refractivity contribution >= 4 is 17.7 Å². The first-order valence-electron chi connectivity index (χ1n) is 7.30. The molecule has 0 spiro atoms. The highest BCUT2D eigenvalue weighted by Gasteiger charge is 2.22. The minimum atomic E-state index is -0.223. The van der Waals surface area contributed by atoms with Crippen molar-refractivity contribution in [3.63, 3.8) is 0 Å². The van der Waals surface area contributed by atoms with E-state index in [0.29, 0.717) is 18.1 Å². The van der Waals surface area contributed by atoms with Gasteiger partial charge in [0, 0.05) is 23.4 Å². The zero-order valence-electron chi connectivity index (χ0n) is 11.7. The van der Waals surface area contributed by atoms with Gasteiger partial charge in [0.05, 0.1) is 12.2 Å². The average molecular weight is 272 g/mol. The highest BCUT2D eigenvalue weighted by atomic mass is 16.5. The summed E-state index contributed by atoms with van der Waals surface area (Å²) in [4.78, 5) is 12.0. The first kappa shape index (κ1) is 13.2. The number of benzene rings is 1. The van der Waals surface area contributed by atoms with Crippen LogP contribution in [0.2, 0.25) is 0 Å². The van der Waals surface area contributed by atoms with E-state index in [-0.39, 0.29) is 5.97 Å². The number of rotatable bonds is 4. The van der Waals surface area contributed by atoms with E-state index in [1.165, 1.54) is 10.9 Å². The molecule has 20 heavy (non-hydrogen) atoms. The number of unbranched alkanes of at least 4 members (excludes halogenated alkanes) is 1. The molecule has 0 amide bonds. The number of ether oxygens (including phenoxy) is 1. The lowest BCUT2D eigenvalue weighted by atomic mass is 9.94. The molecule has 1 unspecified atom stereocenters. The van der Waals surface area contributed by atoms with Gasteiger partial charge in [0.1, 0.15) is 0 Å². The minimum absolute atomic E-state index is 0.223. The molecule has 1 heterocycles. The summed E-state index contributed by atoms with van der Waals surface area (Å²) >= 11 is 0. The Hall–Kier alpha value is -1.81. The summed E-state index contributed by atoms with van der Waals surface area (Å²) < 4.78 is 5.26. The quantitative estimate of drug-likeness (QED) is 0.624. The van der Waals surface area contributed by atoms with Gasteiger partial charge in [0.15, 0.2) is 0 Å². The first-order valence-corrected chi connectivity index (χ1v) is 7.30. The van der Waals surface area contributed by atoms with Gasteiger partial charge in [-0.25, -0.2) is 10.2 Å². The number of hydrazine groups is 1. The Labute approximate surface area is 118 Å². The second-order valence-electron chi connectivity index (χ2n) is 5.35. The molecule has 4 heteroatoms. The van der Waals surface area contributed by atoms with Crippen LogP contribution in [0.25, 0.3) is 11.8 Å². The Morgan fingerprint density at radius 1 is 1.45 bits per heavy atom. The number of carbonyl (C=O) groups excluding carboxylic acids is 1. The lowest BCUT2D eigenvalue weighted by Gasteiger charge is -2.13. The van der Waals surface area contributed by atoms with Crippen LogP contribution in [0.15, 0.2) is 18.2 Å². The molecule has 0 saturated carbocycles. The van der Waals surface area contributed by atoms with Crippen molar-refractivity contribution in [2.45, 2.75) is 26.2 Å². The van der Waals surface area contributed by atoms with Crippen molar-refractivity contribution in [3.05, 3.63) is 34.2 Å². The first-order chi connectivity index (χ1) is 9.79. The number of hydrogen-bond donors (Lipinski definition) is 2. The van der Waals surface area contributed by atoms with Gasteiger partial charge in [-0.2, -0.15) is 0 Å². The highest BCUT2D eigenvalue weighted by Crippen LogP contribution is 2.18. The van der Waals surface area contributed by atoms with Gasteiger partial charge < -0.3 is 10.2 Å². The third-order valence-corrected chi connectivity index (χ3v) is 3.91. The Morgan fingerprint density at radius 3 is 3.20 bits per heavy atom. The van der Waals surface area contributed by atoms with Crippen LogP contribution in [0.1, 0.15) is 36.5 Å². The van der Waals surface area contributed by atoms with Crippen LogP contribution in [-0.4, -0.2) is 19.1 Å². The maximum atomic E-state index is 12.0. The van der Waals surface area contributed by atoms with E-state index in [2.05, 4.69) is 23.9 Å². The van der Waals surface area contributed by atoms with Crippen LogP contribution < -0.4 is 21.3 Å². The summed E-state index contributed by atoms with van der Waals surface area (Å²) in [6, 6.07) is 5.81. The fourth-order valence-corrected chi connectivity index (χ4v) is 2.73. The third kappa shape index (κ3) is 2.43. The van der Waals surface area contributed by atoms with Crippen molar-refractivity contribution in [2.24, 2.45) is 5.92 Å². The van der Waals surface area contributed by atoms with Crippen LogP contribution in [0, 0.1) is 5.92 Å². The average Bonchev–Trinajstić information content (AvgIpc) is 2.95. The normalized spacial score (nSPS) is 19.6. The molecule has 1 atom stereocenters. The van der Waals surface area contributed by atoms with Gasteiger partial charge in [0.2, 0.25) is 0 Å². The zero-order valence-corrected chi connectivity index (χ0v) is 11.7. The summed E-state index contributed by atoms with van der Waals surface area (Å²) in [7, 11) is 0. The molecule has 1 aromatic rings. The molecular weight excluding hydrogens is 252 g/mol. The molecule has 106 valence electrons. The molecule has 0 aromatic heterocycles. The number of carbonyl (C=O) groups is 1. The molecule has 1 fully saturated rings. The maximum absolute atomic E-state index is 12.0. The summed E-state index contributed by atoms with van der Waals surface area (Å²) in [5.74, 6) is 0.309. The van der Waals surface area contributed by atoms with Crippen molar-refractivity contribution in [3.8, 4) is 0 Å². The van der Waals surface area contributed by atoms with E-state index in [9.17, 15) is 4.79 Å². The van der Waals surface area contributed by atoms with Crippen molar-refractivity contribution in [1.82, 2.24) is 10.9 Å². The molecule has 0 radical (unpaired) electrons. The van der Waals surface area contributed by atoms with Crippen LogP contribution in [0.3, 0.4) is 0 Å². The van der Waals surface area contributed by atoms with Crippen LogP contribution >= 0.6 is 0 Å². The molecule has 1 aromatic carbocycles. The topological polar surface area (TPSA) is 50.4 Å². The largest absolute Gasteiger partial charge is 0.462 e. The van der Waals surface area contributed by atoms with E-state index >= 15 is 0 Å². The lowest BCUT2D eigenvalue weighted by molar-refractivity contribution is 0.0499. The second-order valence-corrected chi connectivity index (χ2v) is 5.35. The monoisotopic (exact) mass is 272 g/mol. The molecule has 1 saturated heterocycles. The SMILES string of the molecule is CCCCOC(=O)c1ccc2c(c1)=CCC1CNNC=21. The third-order valence-electron chi connectivity index (χ3n) is 3.91. The van der Waals surface area contributed by atoms with E-state index in [0.717, 1.165) is 31.0 Å². The smallest absolute Gasteiger partial charge is 0.338 e. The molecule has 1 aliphatic heterocycles. The molecule has 1 aliphatic carbocycles. The highest BCUT2D eigenvalue weighted by molar-refractivity contribution is 5.89. The Balaban J connectivity index is 1.87. The fraction of sp³-hybridized carbons (Fsp3) is 0.438. The molecular formula is C16H20N2O2. The van der Waals surface area contributed by atoms with Gasteiger partial charge >= 0.3 is 5.97 Å². The van der Waals surface area contributed by atoms with Crippen molar-refractivity contribution < 1.29 is 9.53 Å². The standard InChI is InChI=1S/C16H20N2O2/c1-2-3-8-20-16(19)12-6-7-14-11(9-12)4-5-13-10-17-18-15(13)14/h4,6-7,9,13,17-18H,2-3,5,8,10H2,1H3. The lowest BCUT2D eigenvalue weighted by Crippen LogP contribution is -2.36.